The minimum atomic E-state index is -1.05. The molecule has 1 heterocycles. The molecule has 3 rings (SSSR count). The van der Waals surface area contributed by atoms with Crippen molar-refractivity contribution in [2.75, 3.05) is 13.1 Å². The fourth-order valence-corrected chi connectivity index (χ4v) is 3.31. The molecule has 0 aliphatic carbocycles. The van der Waals surface area contributed by atoms with Gasteiger partial charge in [0.2, 0.25) is 0 Å². The monoisotopic (exact) mass is 327 g/mol. The largest absolute Gasteiger partial charge is 0.389 e. The topological polar surface area (TPSA) is 63.9 Å². The maximum Gasteiger partial charge on any atom is 0.108 e. The molecule has 24 heavy (non-hydrogen) atoms. The summed E-state index contributed by atoms with van der Waals surface area (Å²) in [6.45, 7) is 3.02. The normalized spacial score (nSPS) is 28.0. The van der Waals surface area contributed by atoms with Crippen LogP contribution >= 0.6 is 0 Å². The lowest BCUT2D eigenvalue weighted by Gasteiger charge is -2.42. The quantitative estimate of drug-likeness (QED) is 0.799. The summed E-state index contributed by atoms with van der Waals surface area (Å²) in [5.41, 5.74) is 3.62. The van der Waals surface area contributed by atoms with E-state index in [1.165, 1.54) is 16.7 Å². The number of benzene rings is 2. The van der Waals surface area contributed by atoms with Crippen molar-refractivity contribution < 1.29 is 15.3 Å². The SMILES string of the molecule is C[C@@H]1[C@@H](O)[C@H](O)[C@@H](O)CN1CCc1ccc(-c2ccccc2)cc1. The highest BCUT2D eigenvalue weighted by Gasteiger charge is 2.38. The highest BCUT2D eigenvalue weighted by molar-refractivity contribution is 5.63. The molecule has 0 unspecified atom stereocenters. The average Bonchev–Trinajstić information content (AvgIpc) is 2.63. The molecular weight excluding hydrogens is 302 g/mol. The summed E-state index contributed by atoms with van der Waals surface area (Å²) in [6, 6.07) is 18.6. The van der Waals surface area contributed by atoms with Crippen LogP contribution in [0.25, 0.3) is 11.1 Å². The van der Waals surface area contributed by atoms with Gasteiger partial charge in [0, 0.05) is 19.1 Å². The lowest BCUT2D eigenvalue weighted by atomic mass is 9.94. The number of aliphatic hydroxyl groups excluding tert-OH is 3. The molecule has 1 saturated heterocycles. The number of nitrogens with zero attached hydrogens (tertiary/aromatic N) is 1. The van der Waals surface area contributed by atoms with Gasteiger partial charge in [-0.1, -0.05) is 54.6 Å². The van der Waals surface area contributed by atoms with E-state index in [-0.39, 0.29) is 6.04 Å². The van der Waals surface area contributed by atoms with Crippen LogP contribution in [-0.4, -0.2) is 57.7 Å². The lowest BCUT2D eigenvalue weighted by molar-refractivity contribution is -0.132. The molecule has 4 atom stereocenters. The summed E-state index contributed by atoms with van der Waals surface area (Å²) in [5.74, 6) is 0. The second-order valence-corrected chi connectivity index (χ2v) is 6.60. The molecule has 0 amide bonds. The minimum absolute atomic E-state index is 0.160. The van der Waals surface area contributed by atoms with Gasteiger partial charge in [-0.05, 0) is 30.0 Å². The van der Waals surface area contributed by atoms with Crippen LogP contribution in [0.4, 0.5) is 0 Å². The van der Waals surface area contributed by atoms with E-state index in [1.807, 2.05) is 30.0 Å². The number of hydrogen-bond donors (Lipinski definition) is 3. The number of β-amino-alcohol motifs (C(OH)–C–C–N with tert-alkyl or cyclic N) is 1. The number of piperidine rings is 1. The van der Waals surface area contributed by atoms with Gasteiger partial charge in [0.05, 0.1) is 12.2 Å². The zero-order valence-corrected chi connectivity index (χ0v) is 13.9. The second-order valence-electron chi connectivity index (χ2n) is 6.60. The Hall–Kier alpha value is -1.72. The maximum absolute atomic E-state index is 10.00. The predicted octanol–water partition coefficient (Wildman–Crippen LogP) is 1.68. The van der Waals surface area contributed by atoms with Crippen molar-refractivity contribution in [2.45, 2.75) is 37.7 Å². The van der Waals surface area contributed by atoms with Gasteiger partial charge in [0.1, 0.15) is 6.10 Å². The first kappa shape index (κ1) is 17.1. The second kappa shape index (κ2) is 7.45. The van der Waals surface area contributed by atoms with Crippen molar-refractivity contribution in [3.8, 4) is 11.1 Å². The van der Waals surface area contributed by atoms with E-state index < -0.39 is 18.3 Å². The van der Waals surface area contributed by atoms with Crippen molar-refractivity contribution in [1.82, 2.24) is 4.90 Å². The number of likely N-dealkylation sites (tertiary alicyclic amines) is 1. The Morgan fingerprint density at radius 2 is 1.50 bits per heavy atom. The van der Waals surface area contributed by atoms with E-state index in [2.05, 4.69) is 36.4 Å². The van der Waals surface area contributed by atoms with Crippen LogP contribution in [0, 0.1) is 0 Å². The van der Waals surface area contributed by atoms with Crippen LogP contribution in [0.3, 0.4) is 0 Å². The van der Waals surface area contributed by atoms with Gasteiger partial charge in [-0.2, -0.15) is 0 Å². The fourth-order valence-electron chi connectivity index (χ4n) is 3.31. The summed E-state index contributed by atoms with van der Waals surface area (Å²) in [7, 11) is 0. The molecule has 1 aliphatic rings. The van der Waals surface area contributed by atoms with E-state index in [0.717, 1.165) is 13.0 Å². The first-order valence-corrected chi connectivity index (χ1v) is 8.49. The molecule has 4 heteroatoms. The lowest BCUT2D eigenvalue weighted by Crippen LogP contribution is -2.60. The summed E-state index contributed by atoms with van der Waals surface area (Å²) >= 11 is 0. The van der Waals surface area contributed by atoms with Gasteiger partial charge in [-0.15, -0.1) is 0 Å². The molecule has 128 valence electrons. The Balaban J connectivity index is 1.61. The van der Waals surface area contributed by atoms with Crippen molar-refractivity contribution in [2.24, 2.45) is 0 Å². The molecule has 0 radical (unpaired) electrons. The van der Waals surface area contributed by atoms with E-state index in [4.69, 9.17) is 0 Å². The zero-order chi connectivity index (χ0) is 17.1. The first-order chi connectivity index (χ1) is 11.6. The van der Waals surface area contributed by atoms with Crippen LogP contribution in [-0.2, 0) is 6.42 Å². The first-order valence-electron chi connectivity index (χ1n) is 8.49. The Bertz CT molecular complexity index is 644. The summed E-state index contributed by atoms with van der Waals surface area (Å²) in [6.07, 6.45) is -2.01. The van der Waals surface area contributed by atoms with Crippen LogP contribution in [0.5, 0.6) is 0 Å². The molecule has 0 aromatic heterocycles. The number of hydrogen-bond acceptors (Lipinski definition) is 4. The molecule has 1 fully saturated rings. The third kappa shape index (κ3) is 3.68. The average molecular weight is 327 g/mol. The smallest absolute Gasteiger partial charge is 0.108 e. The van der Waals surface area contributed by atoms with Crippen LogP contribution in [0.1, 0.15) is 12.5 Å². The standard InChI is InChI=1S/C20H25NO3/c1-14-19(23)20(24)18(22)13-21(14)12-11-15-7-9-17(10-8-15)16-5-3-2-4-6-16/h2-10,14,18-20,22-24H,11-13H2,1H3/t14-,18+,19-,20-/m1/s1. The molecular formula is C20H25NO3. The molecule has 2 aromatic carbocycles. The molecule has 0 bridgehead atoms. The molecule has 0 saturated carbocycles. The van der Waals surface area contributed by atoms with Crippen LogP contribution in [0.15, 0.2) is 54.6 Å². The van der Waals surface area contributed by atoms with Gasteiger partial charge >= 0.3 is 0 Å². The van der Waals surface area contributed by atoms with Crippen molar-refractivity contribution in [3.05, 3.63) is 60.2 Å². The fraction of sp³-hybridized carbons (Fsp3) is 0.400. The third-order valence-electron chi connectivity index (χ3n) is 4.98. The molecule has 0 spiro atoms. The number of rotatable bonds is 4. The van der Waals surface area contributed by atoms with Gasteiger partial charge in [-0.25, -0.2) is 0 Å². The van der Waals surface area contributed by atoms with Gasteiger partial charge in [0.15, 0.2) is 0 Å². The van der Waals surface area contributed by atoms with Gasteiger partial charge in [0.25, 0.3) is 0 Å². The van der Waals surface area contributed by atoms with Crippen molar-refractivity contribution in [1.29, 1.82) is 0 Å². The third-order valence-corrected chi connectivity index (χ3v) is 4.98. The zero-order valence-electron chi connectivity index (χ0n) is 13.9. The van der Waals surface area contributed by atoms with Gasteiger partial charge in [-0.3, -0.25) is 4.90 Å². The van der Waals surface area contributed by atoms with Crippen LogP contribution < -0.4 is 0 Å². The maximum atomic E-state index is 10.00. The van der Waals surface area contributed by atoms with E-state index in [1.54, 1.807) is 0 Å². The highest BCUT2D eigenvalue weighted by Crippen LogP contribution is 2.21. The van der Waals surface area contributed by atoms with Crippen molar-refractivity contribution in [3.63, 3.8) is 0 Å². The molecule has 4 nitrogen and oxygen atoms in total. The predicted molar refractivity (Wildman–Crippen MR) is 94.6 cm³/mol. The molecule has 3 N–H and O–H groups in total. The Morgan fingerprint density at radius 1 is 0.875 bits per heavy atom. The minimum Gasteiger partial charge on any atom is -0.389 e. The molecule has 1 aliphatic heterocycles. The van der Waals surface area contributed by atoms with E-state index in [0.29, 0.717) is 6.54 Å². The van der Waals surface area contributed by atoms with Crippen LogP contribution in [0.2, 0.25) is 0 Å². The Morgan fingerprint density at radius 3 is 2.17 bits per heavy atom. The Labute approximate surface area is 143 Å². The summed E-state index contributed by atoms with van der Waals surface area (Å²) in [4.78, 5) is 2.03. The highest BCUT2D eigenvalue weighted by atomic mass is 16.4. The summed E-state index contributed by atoms with van der Waals surface area (Å²) in [5, 5.41) is 29.6. The summed E-state index contributed by atoms with van der Waals surface area (Å²) < 4.78 is 0. The van der Waals surface area contributed by atoms with Crippen molar-refractivity contribution >= 4 is 0 Å². The number of aliphatic hydroxyl groups is 3. The van der Waals surface area contributed by atoms with E-state index in [9.17, 15) is 15.3 Å². The Kier molecular flexibility index (Phi) is 5.31. The molecule has 2 aromatic rings. The van der Waals surface area contributed by atoms with E-state index >= 15 is 0 Å². The van der Waals surface area contributed by atoms with Gasteiger partial charge < -0.3 is 15.3 Å².